The highest BCUT2D eigenvalue weighted by molar-refractivity contribution is 7.21. The average molecular weight is 427 g/mol. The maximum absolute atomic E-state index is 14.8. The third kappa shape index (κ3) is 3.48. The van der Waals surface area contributed by atoms with E-state index >= 15 is 0 Å². The van der Waals surface area contributed by atoms with Crippen LogP contribution in [0.15, 0.2) is 24.4 Å². The van der Waals surface area contributed by atoms with Gasteiger partial charge in [0.05, 0.1) is 5.69 Å². The molecule has 5 rings (SSSR count). The van der Waals surface area contributed by atoms with E-state index in [0.717, 1.165) is 54.1 Å². The molecule has 156 valence electrons. The van der Waals surface area contributed by atoms with Gasteiger partial charge in [0.15, 0.2) is 11.6 Å². The van der Waals surface area contributed by atoms with Crippen LogP contribution in [0.3, 0.4) is 0 Å². The molecule has 1 atom stereocenters. The maximum Gasteiger partial charge on any atom is 0.263 e. The van der Waals surface area contributed by atoms with E-state index in [0.29, 0.717) is 29.2 Å². The lowest BCUT2D eigenvalue weighted by molar-refractivity contribution is 0.0938. The standard InChI is InChI=1S/C21H23FN6OS/c22-15-11-12-10-13(3-4-16(12)27-19(15)28-8-6-24-7-9-28)26-20(29)18-17(23)14-2-1-5-25-21(14)30-18/h1-2,5,11,13,24H,3-4,6-10,23H2,(H,26,29)/t13-/m1/s1. The van der Waals surface area contributed by atoms with E-state index in [1.807, 2.05) is 11.0 Å². The Morgan fingerprint density at radius 1 is 1.37 bits per heavy atom. The quantitative estimate of drug-likeness (QED) is 0.594. The third-order valence-electron chi connectivity index (χ3n) is 5.78. The second kappa shape index (κ2) is 7.81. The number of hydrogen-bond donors (Lipinski definition) is 3. The van der Waals surface area contributed by atoms with E-state index in [2.05, 4.69) is 20.6 Å². The number of piperazine rings is 1. The number of pyridine rings is 2. The minimum absolute atomic E-state index is 0.0752. The summed E-state index contributed by atoms with van der Waals surface area (Å²) in [6.45, 7) is 3.19. The number of hydrogen-bond acceptors (Lipinski definition) is 7. The molecule has 4 N–H and O–H groups in total. The second-order valence-corrected chi connectivity index (χ2v) is 8.75. The number of aryl methyl sites for hydroxylation is 1. The first-order valence-corrected chi connectivity index (χ1v) is 11.0. The Morgan fingerprint density at radius 3 is 3.00 bits per heavy atom. The molecule has 2 aliphatic rings. The van der Waals surface area contributed by atoms with Gasteiger partial charge in [0.1, 0.15) is 9.71 Å². The first-order chi connectivity index (χ1) is 14.6. The van der Waals surface area contributed by atoms with Crippen LogP contribution in [0.1, 0.15) is 27.3 Å². The molecule has 0 saturated carbocycles. The first-order valence-electron chi connectivity index (χ1n) is 10.2. The summed E-state index contributed by atoms with van der Waals surface area (Å²) in [5, 5.41) is 7.14. The molecule has 3 aromatic heterocycles. The molecule has 7 nitrogen and oxygen atoms in total. The van der Waals surface area contributed by atoms with Gasteiger partial charge in [0.2, 0.25) is 0 Å². The number of rotatable bonds is 3. The molecule has 1 aliphatic carbocycles. The number of nitrogens with one attached hydrogen (secondary N) is 2. The monoisotopic (exact) mass is 426 g/mol. The van der Waals surface area contributed by atoms with Crippen LogP contribution in [0.5, 0.6) is 0 Å². The Morgan fingerprint density at radius 2 is 2.20 bits per heavy atom. The summed E-state index contributed by atoms with van der Waals surface area (Å²) < 4.78 is 14.8. The Hall–Kier alpha value is -2.78. The van der Waals surface area contributed by atoms with Gasteiger partial charge in [-0.25, -0.2) is 14.4 Å². The van der Waals surface area contributed by atoms with Crippen molar-refractivity contribution in [2.24, 2.45) is 0 Å². The number of thiophene rings is 1. The molecular weight excluding hydrogens is 403 g/mol. The number of nitrogen functional groups attached to an aromatic ring is 1. The summed E-state index contributed by atoms with van der Waals surface area (Å²) >= 11 is 1.30. The largest absolute Gasteiger partial charge is 0.397 e. The first kappa shape index (κ1) is 19.2. The topological polar surface area (TPSA) is 96.2 Å². The van der Waals surface area contributed by atoms with Gasteiger partial charge >= 0.3 is 0 Å². The minimum atomic E-state index is -0.289. The van der Waals surface area contributed by atoms with Crippen LogP contribution < -0.4 is 21.3 Å². The lowest BCUT2D eigenvalue weighted by atomic mass is 9.91. The SMILES string of the molecule is Nc1c(C(=O)N[C@@H]2CCc3nc(N4CCNCC4)c(F)cc3C2)sc2ncccc12. The van der Waals surface area contributed by atoms with Gasteiger partial charge in [0.25, 0.3) is 5.91 Å². The minimum Gasteiger partial charge on any atom is -0.397 e. The molecule has 3 aromatic rings. The molecular formula is C21H23FN6OS. The summed E-state index contributed by atoms with van der Waals surface area (Å²) in [5.41, 5.74) is 8.43. The third-order valence-corrected chi connectivity index (χ3v) is 6.91. The van der Waals surface area contributed by atoms with Crippen molar-refractivity contribution in [2.45, 2.75) is 25.3 Å². The van der Waals surface area contributed by atoms with E-state index in [-0.39, 0.29) is 17.8 Å². The molecule has 30 heavy (non-hydrogen) atoms. The van der Waals surface area contributed by atoms with Crippen LogP contribution in [0.25, 0.3) is 10.2 Å². The number of halogens is 1. The van der Waals surface area contributed by atoms with E-state index in [1.165, 1.54) is 11.3 Å². The molecule has 0 aromatic carbocycles. The molecule has 1 saturated heterocycles. The van der Waals surface area contributed by atoms with Crippen molar-refractivity contribution >= 4 is 39.0 Å². The molecule has 4 heterocycles. The Labute approximate surface area is 177 Å². The molecule has 0 spiro atoms. The summed E-state index contributed by atoms with van der Waals surface area (Å²) in [7, 11) is 0. The summed E-state index contributed by atoms with van der Waals surface area (Å²) in [6, 6.07) is 5.19. The van der Waals surface area contributed by atoms with E-state index in [9.17, 15) is 9.18 Å². The van der Waals surface area contributed by atoms with Crippen molar-refractivity contribution in [2.75, 3.05) is 36.8 Å². The summed E-state index contributed by atoms with van der Waals surface area (Å²) in [5.74, 6) is -0.0412. The maximum atomic E-state index is 14.8. The molecule has 0 radical (unpaired) electrons. The fourth-order valence-electron chi connectivity index (χ4n) is 4.22. The van der Waals surface area contributed by atoms with Gasteiger partial charge in [-0.05, 0) is 43.0 Å². The number of aromatic nitrogens is 2. The van der Waals surface area contributed by atoms with Crippen LogP contribution in [0, 0.1) is 5.82 Å². The van der Waals surface area contributed by atoms with E-state index in [4.69, 9.17) is 5.73 Å². The van der Waals surface area contributed by atoms with E-state index < -0.39 is 0 Å². The highest BCUT2D eigenvalue weighted by Crippen LogP contribution is 2.32. The predicted molar refractivity (Wildman–Crippen MR) is 117 cm³/mol. The lowest BCUT2D eigenvalue weighted by Crippen LogP contribution is -2.44. The van der Waals surface area contributed by atoms with Gasteiger partial charge in [-0.2, -0.15) is 0 Å². The van der Waals surface area contributed by atoms with Crippen LogP contribution in [0.4, 0.5) is 15.9 Å². The van der Waals surface area contributed by atoms with Gasteiger partial charge < -0.3 is 21.3 Å². The van der Waals surface area contributed by atoms with Crippen molar-refractivity contribution in [3.63, 3.8) is 0 Å². The zero-order valence-corrected chi connectivity index (χ0v) is 17.3. The van der Waals surface area contributed by atoms with Crippen LogP contribution in [0.2, 0.25) is 0 Å². The highest BCUT2D eigenvalue weighted by atomic mass is 32.1. The number of fused-ring (bicyclic) bond motifs is 2. The van der Waals surface area contributed by atoms with Crippen molar-refractivity contribution in [3.05, 3.63) is 46.3 Å². The van der Waals surface area contributed by atoms with Gasteiger partial charge in [-0.15, -0.1) is 11.3 Å². The van der Waals surface area contributed by atoms with Crippen molar-refractivity contribution in [3.8, 4) is 0 Å². The molecule has 0 unspecified atom stereocenters. The van der Waals surface area contributed by atoms with Gasteiger partial charge in [-0.3, -0.25) is 4.79 Å². The highest BCUT2D eigenvalue weighted by Gasteiger charge is 2.26. The van der Waals surface area contributed by atoms with E-state index in [1.54, 1.807) is 18.3 Å². The van der Waals surface area contributed by atoms with Gasteiger partial charge in [-0.1, -0.05) is 0 Å². The zero-order valence-electron chi connectivity index (χ0n) is 16.4. The molecule has 0 bridgehead atoms. The predicted octanol–water partition coefficient (Wildman–Crippen LogP) is 2.11. The van der Waals surface area contributed by atoms with Crippen LogP contribution >= 0.6 is 11.3 Å². The fourth-order valence-corrected chi connectivity index (χ4v) is 5.18. The summed E-state index contributed by atoms with van der Waals surface area (Å²) in [4.78, 5) is 25.0. The normalized spacial score (nSPS) is 19.0. The number of nitrogens with two attached hydrogens (primary N) is 1. The number of carbonyl (C=O) groups excluding carboxylic acids is 1. The Balaban J connectivity index is 1.32. The molecule has 1 amide bonds. The Bertz CT molecular complexity index is 1110. The van der Waals surface area contributed by atoms with Gasteiger partial charge in [0, 0.05) is 49.5 Å². The van der Waals surface area contributed by atoms with Crippen molar-refractivity contribution in [1.82, 2.24) is 20.6 Å². The summed E-state index contributed by atoms with van der Waals surface area (Å²) in [6.07, 6.45) is 3.73. The molecule has 1 aliphatic heterocycles. The number of carbonyl (C=O) groups is 1. The number of amides is 1. The lowest BCUT2D eigenvalue weighted by Gasteiger charge is -2.31. The Kier molecular flexibility index (Phi) is 5.00. The van der Waals surface area contributed by atoms with Crippen molar-refractivity contribution < 1.29 is 9.18 Å². The van der Waals surface area contributed by atoms with Crippen LogP contribution in [-0.2, 0) is 12.8 Å². The number of anilines is 2. The smallest absolute Gasteiger partial charge is 0.263 e. The number of nitrogens with zero attached hydrogens (tertiary/aromatic N) is 3. The second-order valence-electron chi connectivity index (χ2n) is 7.75. The van der Waals surface area contributed by atoms with Crippen LogP contribution in [-0.4, -0.2) is 48.1 Å². The molecule has 9 heteroatoms. The fraction of sp³-hybridized carbons (Fsp3) is 0.381. The molecule has 1 fully saturated rings. The average Bonchev–Trinajstić information content (AvgIpc) is 3.11. The zero-order chi connectivity index (χ0) is 20.7. The van der Waals surface area contributed by atoms with Crippen molar-refractivity contribution in [1.29, 1.82) is 0 Å².